The van der Waals surface area contributed by atoms with Gasteiger partial charge >= 0.3 is 0 Å². The van der Waals surface area contributed by atoms with E-state index in [-0.39, 0.29) is 132 Å². The summed E-state index contributed by atoms with van der Waals surface area (Å²) in [7, 11) is 0. The molecule has 25 heteroatoms. The van der Waals surface area contributed by atoms with E-state index in [0.717, 1.165) is 86.5 Å². The van der Waals surface area contributed by atoms with Gasteiger partial charge in [-0.1, -0.05) is 54.2 Å². The van der Waals surface area contributed by atoms with Crippen molar-refractivity contribution in [3.05, 3.63) is 47.0 Å². The van der Waals surface area contributed by atoms with Gasteiger partial charge in [-0.2, -0.15) is 54.0 Å². The van der Waals surface area contributed by atoms with Crippen LogP contribution in [-0.4, -0.2) is 93.6 Å². The van der Waals surface area contributed by atoms with Gasteiger partial charge in [0.1, 0.15) is 33.3 Å². The molecule has 4 fully saturated rings. The molecule has 0 radical (unpaired) electrons. The van der Waals surface area contributed by atoms with E-state index in [1.165, 1.54) is 23.5 Å². The van der Waals surface area contributed by atoms with Crippen LogP contribution in [0.2, 0.25) is 10.0 Å². The molecule has 2 spiro atoms. The van der Waals surface area contributed by atoms with Crippen molar-refractivity contribution in [2.45, 2.75) is 91.1 Å². The first-order valence-corrected chi connectivity index (χ1v) is 20.8. The summed E-state index contributed by atoms with van der Waals surface area (Å²) in [5.41, 5.74) is 36.8. The van der Waals surface area contributed by atoms with Crippen molar-refractivity contribution in [3.8, 4) is 0 Å². The van der Waals surface area contributed by atoms with Crippen molar-refractivity contribution >= 4 is 160 Å². The average molecular weight is 1120 g/mol. The molecule has 8 heterocycles. The first-order chi connectivity index (χ1) is 26.8. The minimum Gasteiger partial charge on any atom is -0.382 e. The number of hydrogen-bond donors (Lipinski definition) is 6. The molecule has 0 aromatic carbocycles. The van der Waals surface area contributed by atoms with Crippen LogP contribution in [0.5, 0.6) is 0 Å². The van der Waals surface area contributed by atoms with Crippen LogP contribution >= 0.6 is 125 Å². The lowest BCUT2D eigenvalue weighted by Crippen LogP contribution is -2.50. The van der Waals surface area contributed by atoms with Crippen molar-refractivity contribution in [1.29, 1.82) is 0 Å². The van der Waals surface area contributed by atoms with Crippen LogP contribution in [0.4, 0.5) is 34.9 Å². The summed E-state index contributed by atoms with van der Waals surface area (Å²) in [5, 5.41) is 1.96. The lowest BCUT2D eigenvalue weighted by Gasteiger charge is -2.41. The summed E-state index contributed by atoms with van der Waals surface area (Å²) >= 11 is 15.1. The highest BCUT2D eigenvalue weighted by atomic mass is 127. The molecule has 0 aliphatic carbocycles. The van der Waals surface area contributed by atoms with E-state index in [9.17, 15) is 0 Å². The van der Waals surface area contributed by atoms with Gasteiger partial charge in [0.25, 0.3) is 0 Å². The second kappa shape index (κ2) is 24.9. The Hall–Kier alpha value is -1.49. The highest BCUT2D eigenvalue weighted by Crippen LogP contribution is 2.44. The van der Waals surface area contributed by atoms with E-state index in [1.54, 1.807) is 36.9 Å². The van der Waals surface area contributed by atoms with Crippen LogP contribution in [0.25, 0.3) is 0 Å². The molecule has 0 amide bonds. The third kappa shape index (κ3) is 12.5. The molecule has 4 aliphatic heterocycles. The summed E-state index contributed by atoms with van der Waals surface area (Å²) in [6, 6.07) is 3.72. The molecular formula is C37H61Cl2IN14O2S6. The highest BCUT2D eigenvalue weighted by molar-refractivity contribution is 14.0. The molecular weight excluding hydrogens is 1060 g/mol. The Morgan fingerprint density at radius 3 is 1.24 bits per heavy atom. The Balaban J connectivity index is 0.000000565. The molecule has 4 aromatic rings. The fraction of sp³-hybridized carbons (Fsp3) is 0.514. The molecule has 8 rings (SSSR count). The van der Waals surface area contributed by atoms with Gasteiger partial charge in [0.05, 0.1) is 47.9 Å². The smallest absolute Gasteiger partial charge is 0.158 e. The third-order valence-electron chi connectivity index (χ3n) is 11.5. The summed E-state index contributed by atoms with van der Waals surface area (Å²) in [5.74, 6) is 2.84. The van der Waals surface area contributed by atoms with Crippen LogP contribution in [-0.2, 0) is 9.47 Å². The van der Waals surface area contributed by atoms with Crippen LogP contribution in [0.3, 0.4) is 0 Å². The van der Waals surface area contributed by atoms with Gasteiger partial charge in [0.15, 0.2) is 11.6 Å². The van der Waals surface area contributed by atoms with E-state index in [0.29, 0.717) is 31.7 Å². The Morgan fingerprint density at radius 2 is 0.952 bits per heavy atom. The summed E-state index contributed by atoms with van der Waals surface area (Å²) in [6.45, 7) is 9.02. The maximum atomic E-state index is 6.39. The zero-order valence-electron chi connectivity index (χ0n) is 33.7. The first-order valence-electron chi connectivity index (χ1n) is 18.4. The highest BCUT2D eigenvalue weighted by Gasteiger charge is 2.48. The van der Waals surface area contributed by atoms with E-state index in [2.05, 4.69) is 53.6 Å². The SMILES string of the molecule is C.C[C@@H]1OCC2(CCN(c3cnc(Sc4ccnc(N)c4Cl)c(N)n3)CC2)[C@@H]1N.C[C@@H]1OCC2(CCN(c3cnc(Sc4ccnc(N)c4Cl)c(N)n3)CC2)[C@@H]1N.I.S.S.S.S. The lowest BCUT2D eigenvalue weighted by atomic mass is 9.73. The van der Waals surface area contributed by atoms with E-state index >= 15 is 0 Å². The molecule has 0 unspecified atom stereocenters. The van der Waals surface area contributed by atoms with Gasteiger partial charge in [-0.15, -0.1) is 24.0 Å². The summed E-state index contributed by atoms with van der Waals surface area (Å²) in [4.78, 5) is 31.9. The fourth-order valence-electron chi connectivity index (χ4n) is 7.78. The monoisotopic (exact) mass is 1120 g/mol. The Bertz CT molecular complexity index is 1920. The van der Waals surface area contributed by atoms with Gasteiger partial charge < -0.3 is 53.7 Å². The maximum Gasteiger partial charge on any atom is 0.158 e. The number of nitrogen functional groups attached to an aromatic ring is 4. The number of piperidine rings is 2. The van der Waals surface area contributed by atoms with Crippen molar-refractivity contribution < 1.29 is 9.47 Å². The first kappa shape index (κ1) is 58.5. The van der Waals surface area contributed by atoms with Crippen molar-refractivity contribution in [3.63, 3.8) is 0 Å². The standard InChI is InChI=1S/2C18H24ClN7OS.CH4.HI.4H2S/c2*1-10-14(20)18(9-27-10)3-6-26(7-4-18)12-8-24-17(16(22)25-12)28-11-2-5-23-15(21)13(11)19;;;;;;/h2*2,5,8,10,14H,3-4,6-7,9,20H2,1H3,(H2,21,23)(H2,22,25);1H4;1H;4*1H2/t2*10-,14+;;;;;;/m00....../s1. The second-order valence-corrected chi connectivity index (χ2v) is 17.7. The number of halogens is 3. The third-order valence-corrected chi connectivity index (χ3v) is 14.7. The van der Waals surface area contributed by atoms with Crippen LogP contribution < -0.4 is 44.2 Å². The molecule has 4 aromatic heterocycles. The van der Waals surface area contributed by atoms with Crippen molar-refractivity contribution in [1.82, 2.24) is 29.9 Å². The van der Waals surface area contributed by atoms with Gasteiger partial charge in [-0.05, 0) is 51.7 Å². The molecule has 4 atom stereocenters. The second-order valence-electron chi connectivity index (χ2n) is 14.8. The number of nitrogens with two attached hydrogens (primary N) is 6. The molecule has 4 saturated heterocycles. The Labute approximate surface area is 427 Å². The average Bonchev–Trinajstić information content (AvgIpc) is 3.62. The predicted octanol–water partition coefficient (Wildman–Crippen LogP) is 6.05. The van der Waals surface area contributed by atoms with Gasteiger partial charge in [0, 0.05) is 71.3 Å². The molecule has 0 saturated carbocycles. The van der Waals surface area contributed by atoms with Crippen molar-refractivity contribution in [2.24, 2.45) is 22.3 Å². The zero-order chi connectivity index (χ0) is 39.8. The Morgan fingerprint density at radius 1 is 0.613 bits per heavy atom. The number of pyridine rings is 2. The van der Waals surface area contributed by atoms with Crippen LogP contribution in [0, 0.1) is 10.8 Å². The molecule has 0 bridgehead atoms. The number of ether oxygens (including phenoxy) is 2. The van der Waals surface area contributed by atoms with Crippen LogP contribution in [0.1, 0.15) is 47.0 Å². The van der Waals surface area contributed by atoms with E-state index < -0.39 is 0 Å². The van der Waals surface area contributed by atoms with E-state index in [1.807, 2.05) is 0 Å². The number of rotatable bonds is 6. The molecule has 62 heavy (non-hydrogen) atoms. The van der Waals surface area contributed by atoms with Crippen molar-refractivity contribution in [2.75, 3.05) is 72.1 Å². The molecule has 12 N–H and O–H groups in total. The van der Waals surface area contributed by atoms with Gasteiger partial charge in [0.2, 0.25) is 0 Å². The number of hydrogen-bond acceptors (Lipinski definition) is 18. The van der Waals surface area contributed by atoms with Gasteiger partial charge in [-0.25, -0.2) is 29.9 Å². The fourth-order valence-corrected chi connectivity index (χ4v) is 9.81. The van der Waals surface area contributed by atoms with Gasteiger partial charge in [-0.3, -0.25) is 0 Å². The predicted molar refractivity (Wildman–Crippen MR) is 287 cm³/mol. The summed E-state index contributed by atoms with van der Waals surface area (Å²) in [6.07, 6.45) is 10.8. The Kier molecular flexibility index (Phi) is 23.5. The molecule has 4 aliphatic rings. The minimum atomic E-state index is 0. The summed E-state index contributed by atoms with van der Waals surface area (Å²) < 4.78 is 11.6. The number of anilines is 6. The normalized spacial score (nSPS) is 21.7. The molecule has 348 valence electrons. The van der Waals surface area contributed by atoms with Crippen LogP contribution in [0.15, 0.2) is 56.8 Å². The lowest BCUT2D eigenvalue weighted by molar-refractivity contribution is 0.0973. The quantitative estimate of drug-likeness (QED) is 0.120. The number of aromatic nitrogens is 6. The maximum absolute atomic E-state index is 6.39. The number of nitrogens with zero attached hydrogens (tertiary/aromatic N) is 8. The van der Waals surface area contributed by atoms with E-state index in [4.69, 9.17) is 67.1 Å². The molecule has 16 nitrogen and oxygen atoms in total. The largest absolute Gasteiger partial charge is 0.382 e. The minimum absolute atomic E-state index is 0. The topological polar surface area (TPSA) is 258 Å². The zero-order valence-corrected chi connectivity index (χ0v) is 43.2.